The van der Waals surface area contributed by atoms with Crippen molar-refractivity contribution in [2.45, 2.75) is 50.6 Å². The molecule has 34 heavy (non-hydrogen) atoms. The summed E-state index contributed by atoms with van der Waals surface area (Å²) < 4.78 is 5.19. The van der Waals surface area contributed by atoms with Crippen LogP contribution in [-0.4, -0.2) is 54.8 Å². The lowest BCUT2D eigenvalue weighted by atomic mass is 9.86. The average molecular weight is 486 g/mol. The van der Waals surface area contributed by atoms with Gasteiger partial charge in [-0.3, -0.25) is 14.4 Å². The fourth-order valence-corrected chi connectivity index (χ4v) is 4.66. The summed E-state index contributed by atoms with van der Waals surface area (Å²) in [5.41, 5.74) is -0.271. The molecular weight excluding hydrogens is 454 g/mol. The van der Waals surface area contributed by atoms with E-state index in [4.69, 9.17) is 4.74 Å². The Bertz CT molecular complexity index is 972. The van der Waals surface area contributed by atoms with Crippen LogP contribution in [0.5, 0.6) is 0 Å². The van der Waals surface area contributed by atoms with Gasteiger partial charge in [-0.1, -0.05) is 36.4 Å². The van der Waals surface area contributed by atoms with Crippen LogP contribution >= 0.6 is 11.3 Å². The zero-order valence-electron chi connectivity index (χ0n) is 19.3. The molecule has 2 amide bonds. The number of ketones is 1. The summed E-state index contributed by atoms with van der Waals surface area (Å²) in [5, 5.41) is 10.7. The standard InChI is InChI=1S/C25H31N3O5S/c1-2-33-23(31)19(17-18-7-4-3-5-8-18)27-24(32)25(12-14-26-15-13-25)28-22(30)11-10-20(29)21-9-6-16-34-21/h3-9,16,19,26H,2,10-15,17H2,1H3,(H,27,32)(H,28,30). The van der Waals surface area contributed by atoms with Gasteiger partial charge in [-0.2, -0.15) is 0 Å². The van der Waals surface area contributed by atoms with Crippen molar-refractivity contribution in [3.63, 3.8) is 0 Å². The molecule has 0 spiro atoms. The Morgan fingerprint density at radius 3 is 2.44 bits per heavy atom. The van der Waals surface area contributed by atoms with Crippen LogP contribution < -0.4 is 16.0 Å². The second-order valence-corrected chi connectivity index (χ2v) is 9.20. The number of ether oxygens (including phenoxy) is 1. The van der Waals surface area contributed by atoms with Gasteiger partial charge in [-0.05, 0) is 49.9 Å². The minimum absolute atomic E-state index is 0.00941. The van der Waals surface area contributed by atoms with Gasteiger partial charge in [0.15, 0.2) is 5.78 Å². The van der Waals surface area contributed by atoms with Crippen LogP contribution in [0.4, 0.5) is 0 Å². The molecule has 2 heterocycles. The molecule has 0 radical (unpaired) electrons. The zero-order valence-corrected chi connectivity index (χ0v) is 20.1. The summed E-state index contributed by atoms with van der Waals surface area (Å²) in [6.45, 7) is 3.00. The molecule has 8 nitrogen and oxygen atoms in total. The van der Waals surface area contributed by atoms with Crippen LogP contribution in [0.1, 0.15) is 47.8 Å². The van der Waals surface area contributed by atoms with E-state index in [1.807, 2.05) is 35.7 Å². The molecule has 1 atom stereocenters. The number of hydrogen-bond acceptors (Lipinski definition) is 7. The summed E-state index contributed by atoms with van der Waals surface area (Å²) >= 11 is 1.34. The lowest BCUT2D eigenvalue weighted by molar-refractivity contribution is -0.148. The Morgan fingerprint density at radius 1 is 1.06 bits per heavy atom. The molecule has 3 rings (SSSR count). The monoisotopic (exact) mass is 485 g/mol. The van der Waals surface area contributed by atoms with Crippen LogP contribution in [0, 0.1) is 0 Å². The molecule has 1 saturated heterocycles. The molecule has 9 heteroatoms. The number of Topliss-reactive ketones (excluding diaryl/α,β-unsaturated/α-hetero) is 1. The number of piperidine rings is 1. The number of esters is 1. The minimum atomic E-state index is -1.16. The van der Waals surface area contributed by atoms with E-state index in [1.54, 1.807) is 19.1 Å². The second-order valence-electron chi connectivity index (χ2n) is 8.25. The summed E-state index contributed by atoms with van der Waals surface area (Å²) in [5.74, 6) is -1.39. The van der Waals surface area contributed by atoms with Crippen molar-refractivity contribution < 1.29 is 23.9 Å². The maximum atomic E-state index is 13.5. The summed E-state index contributed by atoms with van der Waals surface area (Å²) in [4.78, 5) is 51.7. The van der Waals surface area contributed by atoms with Crippen molar-refractivity contribution in [2.24, 2.45) is 0 Å². The third kappa shape index (κ3) is 6.98. The smallest absolute Gasteiger partial charge is 0.328 e. The zero-order chi connectivity index (χ0) is 24.4. The van der Waals surface area contributed by atoms with Gasteiger partial charge >= 0.3 is 5.97 Å². The van der Waals surface area contributed by atoms with E-state index >= 15 is 0 Å². The molecule has 1 aromatic carbocycles. The van der Waals surface area contributed by atoms with Crippen LogP contribution in [0.3, 0.4) is 0 Å². The van der Waals surface area contributed by atoms with E-state index in [0.717, 1.165) is 5.56 Å². The number of rotatable bonds is 11. The number of benzene rings is 1. The Morgan fingerprint density at radius 2 is 1.79 bits per heavy atom. The first kappa shape index (κ1) is 25.6. The predicted octanol–water partition coefficient (Wildman–Crippen LogP) is 2.24. The van der Waals surface area contributed by atoms with E-state index in [9.17, 15) is 19.2 Å². The molecule has 182 valence electrons. The number of thiophene rings is 1. The molecule has 3 N–H and O–H groups in total. The average Bonchev–Trinajstić information content (AvgIpc) is 3.39. The van der Waals surface area contributed by atoms with Gasteiger partial charge in [0.05, 0.1) is 11.5 Å². The molecule has 0 aliphatic carbocycles. The van der Waals surface area contributed by atoms with Crippen LogP contribution in [0.15, 0.2) is 47.8 Å². The molecule has 1 unspecified atom stereocenters. The fraction of sp³-hybridized carbons (Fsp3) is 0.440. The molecule has 1 aromatic heterocycles. The van der Waals surface area contributed by atoms with Gasteiger partial charge in [0.2, 0.25) is 11.8 Å². The quantitative estimate of drug-likeness (QED) is 0.332. The van der Waals surface area contributed by atoms with E-state index in [1.165, 1.54) is 11.3 Å². The highest BCUT2D eigenvalue weighted by molar-refractivity contribution is 7.12. The first-order chi connectivity index (χ1) is 16.4. The van der Waals surface area contributed by atoms with Gasteiger partial charge in [0.25, 0.3) is 0 Å². The summed E-state index contributed by atoms with van der Waals surface area (Å²) in [6.07, 6.45) is 1.10. The van der Waals surface area contributed by atoms with Crippen LogP contribution in [0.2, 0.25) is 0 Å². The van der Waals surface area contributed by atoms with Crippen molar-refractivity contribution in [3.05, 3.63) is 58.3 Å². The number of amides is 2. The summed E-state index contributed by atoms with van der Waals surface area (Å²) in [7, 11) is 0. The Hall–Kier alpha value is -3.04. The lowest BCUT2D eigenvalue weighted by Gasteiger charge is -2.38. The number of carbonyl (C=O) groups excluding carboxylic acids is 4. The fourth-order valence-electron chi connectivity index (χ4n) is 3.96. The molecular formula is C25H31N3O5S. The largest absolute Gasteiger partial charge is 0.464 e. The van der Waals surface area contributed by atoms with Gasteiger partial charge < -0.3 is 20.7 Å². The van der Waals surface area contributed by atoms with Gasteiger partial charge in [0, 0.05) is 19.3 Å². The van der Waals surface area contributed by atoms with E-state index in [0.29, 0.717) is 30.8 Å². The first-order valence-electron chi connectivity index (χ1n) is 11.5. The molecule has 1 aliphatic rings. The normalized spacial score (nSPS) is 15.7. The molecule has 0 bridgehead atoms. The second kappa shape index (κ2) is 12.4. The van der Waals surface area contributed by atoms with E-state index in [2.05, 4.69) is 16.0 Å². The van der Waals surface area contributed by atoms with Gasteiger partial charge in [0.1, 0.15) is 11.6 Å². The van der Waals surface area contributed by atoms with Crippen molar-refractivity contribution in [3.8, 4) is 0 Å². The Balaban J connectivity index is 1.68. The highest BCUT2D eigenvalue weighted by Gasteiger charge is 2.42. The lowest BCUT2D eigenvalue weighted by Crippen LogP contribution is -2.64. The van der Waals surface area contributed by atoms with E-state index in [-0.39, 0.29) is 37.6 Å². The van der Waals surface area contributed by atoms with Crippen molar-refractivity contribution in [1.29, 1.82) is 0 Å². The number of hydrogen-bond donors (Lipinski definition) is 3. The first-order valence-corrected chi connectivity index (χ1v) is 12.4. The predicted molar refractivity (Wildman–Crippen MR) is 130 cm³/mol. The van der Waals surface area contributed by atoms with Crippen LogP contribution in [-0.2, 0) is 25.5 Å². The molecule has 1 aliphatic heterocycles. The van der Waals surface area contributed by atoms with Crippen molar-refractivity contribution in [2.75, 3.05) is 19.7 Å². The van der Waals surface area contributed by atoms with Crippen molar-refractivity contribution in [1.82, 2.24) is 16.0 Å². The maximum Gasteiger partial charge on any atom is 0.328 e. The van der Waals surface area contributed by atoms with E-state index < -0.39 is 23.5 Å². The maximum absolute atomic E-state index is 13.5. The SMILES string of the molecule is CCOC(=O)C(Cc1ccccc1)NC(=O)C1(NC(=O)CCC(=O)c2cccs2)CCNCC1. The third-order valence-electron chi connectivity index (χ3n) is 5.80. The highest BCUT2D eigenvalue weighted by Crippen LogP contribution is 2.21. The Labute approximate surface area is 203 Å². The van der Waals surface area contributed by atoms with Crippen LogP contribution in [0.25, 0.3) is 0 Å². The Kier molecular flexibility index (Phi) is 9.35. The highest BCUT2D eigenvalue weighted by atomic mass is 32.1. The molecule has 1 fully saturated rings. The van der Waals surface area contributed by atoms with Gasteiger partial charge in [-0.15, -0.1) is 11.3 Å². The summed E-state index contributed by atoms with van der Waals surface area (Å²) in [6, 6.07) is 12.0. The topological polar surface area (TPSA) is 114 Å². The van der Waals surface area contributed by atoms with Crippen molar-refractivity contribution >= 4 is 34.9 Å². The van der Waals surface area contributed by atoms with Gasteiger partial charge in [-0.25, -0.2) is 4.79 Å². The molecule has 2 aromatic rings. The number of nitrogens with one attached hydrogen (secondary N) is 3. The minimum Gasteiger partial charge on any atom is -0.464 e. The third-order valence-corrected chi connectivity index (χ3v) is 6.72. The molecule has 0 saturated carbocycles. The number of carbonyl (C=O) groups is 4.